The normalized spacial score (nSPS) is 12.4. The zero-order valence-electron chi connectivity index (χ0n) is 11.7. The lowest BCUT2D eigenvalue weighted by Gasteiger charge is -2.10. The van der Waals surface area contributed by atoms with Gasteiger partial charge in [0.05, 0.1) is 17.1 Å². The molecule has 0 aliphatic rings. The Morgan fingerprint density at radius 1 is 1.19 bits per heavy atom. The van der Waals surface area contributed by atoms with Crippen LogP contribution in [0.3, 0.4) is 0 Å². The van der Waals surface area contributed by atoms with Gasteiger partial charge in [-0.15, -0.1) is 0 Å². The molecule has 4 nitrogen and oxygen atoms in total. The van der Waals surface area contributed by atoms with E-state index < -0.39 is 11.9 Å². The first-order valence-electron chi connectivity index (χ1n) is 6.96. The van der Waals surface area contributed by atoms with Crippen LogP contribution in [0, 0.1) is 0 Å². The average Bonchev–Trinajstić information content (AvgIpc) is 2.92. The summed E-state index contributed by atoms with van der Waals surface area (Å²) in [6.07, 6.45) is 2.55. The molecule has 0 spiro atoms. The minimum Gasteiger partial charge on any atom is -0.481 e. The summed E-state index contributed by atoms with van der Waals surface area (Å²) in [6, 6.07) is 15.5. The molecule has 3 aromatic rings. The van der Waals surface area contributed by atoms with Gasteiger partial charge < -0.3 is 5.11 Å². The molecule has 1 heterocycles. The summed E-state index contributed by atoms with van der Waals surface area (Å²) in [5.74, 6) is -1.23. The molecule has 0 saturated heterocycles. The zero-order valence-corrected chi connectivity index (χ0v) is 11.7. The van der Waals surface area contributed by atoms with E-state index in [-0.39, 0.29) is 0 Å². The lowest BCUT2D eigenvalue weighted by molar-refractivity contribution is -0.138. The maximum Gasteiger partial charge on any atom is 0.310 e. The van der Waals surface area contributed by atoms with Gasteiger partial charge in [-0.3, -0.25) is 4.79 Å². The van der Waals surface area contributed by atoms with Crippen molar-refractivity contribution in [1.29, 1.82) is 0 Å². The number of fused-ring (bicyclic) bond motifs is 1. The third-order valence-corrected chi connectivity index (χ3v) is 3.68. The molecular weight excluding hydrogens is 264 g/mol. The number of hydrogen-bond acceptors (Lipinski definition) is 2. The predicted molar refractivity (Wildman–Crippen MR) is 81.7 cm³/mol. The molecule has 1 unspecified atom stereocenters. The molecule has 0 aliphatic heterocycles. The molecule has 21 heavy (non-hydrogen) atoms. The quantitative estimate of drug-likeness (QED) is 0.794. The van der Waals surface area contributed by atoms with Crippen LogP contribution in [0.1, 0.15) is 24.8 Å². The Balaban J connectivity index is 1.95. The first-order chi connectivity index (χ1) is 10.2. The molecule has 106 valence electrons. The Labute approximate surface area is 122 Å². The fourth-order valence-corrected chi connectivity index (χ4v) is 2.51. The highest BCUT2D eigenvalue weighted by atomic mass is 16.4. The number of rotatable bonds is 4. The van der Waals surface area contributed by atoms with Crippen molar-refractivity contribution in [3.05, 3.63) is 60.3 Å². The van der Waals surface area contributed by atoms with Crippen molar-refractivity contribution < 1.29 is 9.90 Å². The van der Waals surface area contributed by atoms with E-state index in [1.165, 1.54) is 0 Å². The van der Waals surface area contributed by atoms with Crippen LogP contribution in [-0.2, 0) is 4.79 Å². The molecule has 0 amide bonds. The van der Waals surface area contributed by atoms with Crippen molar-refractivity contribution in [3.63, 3.8) is 0 Å². The highest BCUT2D eigenvalue weighted by Crippen LogP contribution is 2.22. The summed E-state index contributed by atoms with van der Waals surface area (Å²) in [5.41, 5.74) is 2.69. The average molecular weight is 280 g/mol. The maximum atomic E-state index is 11.2. The second-order valence-electron chi connectivity index (χ2n) is 5.02. The minimum atomic E-state index is -0.782. The Hall–Kier alpha value is -2.62. The zero-order chi connectivity index (χ0) is 14.8. The van der Waals surface area contributed by atoms with Gasteiger partial charge in [0.15, 0.2) is 0 Å². The van der Waals surface area contributed by atoms with Crippen molar-refractivity contribution in [3.8, 4) is 5.69 Å². The topological polar surface area (TPSA) is 55.1 Å². The molecule has 1 atom stereocenters. The SMILES string of the molecule is CCC(C(=O)O)c1ccc(-n2cc3ccccc3n2)cc1. The third kappa shape index (κ3) is 2.52. The van der Waals surface area contributed by atoms with Crippen molar-refractivity contribution in [2.75, 3.05) is 0 Å². The van der Waals surface area contributed by atoms with Gasteiger partial charge in [-0.2, -0.15) is 5.10 Å². The summed E-state index contributed by atoms with van der Waals surface area (Å²) < 4.78 is 1.82. The molecule has 0 radical (unpaired) electrons. The van der Waals surface area contributed by atoms with Gasteiger partial charge in [0.1, 0.15) is 0 Å². The molecule has 4 heteroatoms. The molecule has 1 N–H and O–H groups in total. The number of carboxylic acid groups (broad SMARTS) is 1. The molecule has 1 aromatic heterocycles. The van der Waals surface area contributed by atoms with Crippen LogP contribution in [-0.4, -0.2) is 20.9 Å². The van der Waals surface area contributed by atoms with Gasteiger partial charge in [0, 0.05) is 11.6 Å². The van der Waals surface area contributed by atoms with Crippen LogP contribution in [0.25, 0.3) is 16.6 Å². The maximum absolute atomic E-state index is 11.2. The smallest absolute Gasteiger partial charge is 0.310 e. The van der Waals surface area contributed by atoms with E-state index in [0.29, 0.717) is 6.42 Å². The molecule has 0 aliphatic carbocycles. The van der Waals surface area contributed by atoms with Crippen LogP contribution >= 0.6 is 0 Å². The Morgan fingerprint density at radius 3 is 2.52 bits per heavy atom. The van der Waals surface area contributed by atoms with Gasteiger partial charge >= 0.3 is 5.97 Å². The lowest BCUT2D eigenvalue weighted by Crippen LogP contribution is -2.10. The van der Waals surface area contributed by atoms with Gasteiger partial charge in [0.2, 0.25) is 0 Å². The van der Waals surface area contributed by atoms with E-state index in [1.807, 2.05) is 66.3 Å². The summed E-state index contributed by atoms with van der Waals surface area (Å²) in [7, 11) is 0. The number of aliphatic carboxylic acids is 1. The first kappa shape index (κ1) is 13.4. The Kier molecular flexibility index (Phi) is 3.44. The van der Waals surface area contributed by atoms with Crippen LogP contribution in [0.5, 0.6) is 0 Å². The molecule has 0 fully saturated rings. The van der Waals surface area contributed by atoms with E-state index in [4.69, 9.17) is 0 Å². The number of benzene rings is 2. The predicted octanol–water partition coefficient (Wildman–Crippen LogP) is 3.60. The highest BCUT2D eigenvalue weighted by molar-refractivity contribution is 5.78. The minimum absolute atomic E-state index is 0.448. The number of aromatic nitrogens is 2. The standard InChI is InChI=1S/C17H16N2O2/c1-2-15(17(20)21)12-7-9-14(10-8-12)19-11-13-5-3-4-6-16(13)18-19/h3-11,15H,2H2,1H3,(H,20,21). The molecule has 0 bridgehead atoms. The Morgan fingerprint density at radius 2 is 1.90 bits per heavy atom. The summed E-state index contributed by atoms with van der Waals surface area (Å²) in [6.45, 7) is 1.88. The third-order valence-electron chi connectivity index (χ3n) is 3.68. The van der Waals surface area contributed by atoms with E-state index >= 15 is 0 Å². The van der Waals surface area contributed by atoms with Crippen molar-refractivity contribution >= 4 is 16.9 Å². The van der Waals surface area contributed by atoms with Gasteiger partial charge in [-0.1, -0.05) is 37.3 Å². The fourth-order valence-electron chi connectivity index (χ4n) is 2.51. The van der Waals surface area contributed by atoms with Crippen LogP contribution in [0.2, 0.25) is 0 Å². The van der Waals surface area contributed by atoms with E-state index in [1.54, 1.807) is 0 Å². The summed E-state index contributed by atoms with van der Waals surface area (Å²) >= 11 is 0. The molecule has 0 saturated carbocycles. The highest BCUT2D eigenvalue weighted by Gasteiger charge is 2.17. The first-order valence-corrected chi connectivity index (χ1v) is 6.96. The van der Waals surface area contributed by atoms with Crippen LogP contribution in [0.4, 0.5) is 0 Å². The second kappa shape index (κ2) is 5.40. The van der Waals surface area contributed by atoms with Gasteiger partial charge in [0.25, 0.3) is 0 Å². The van der Waals surface area contributed by atoms with E-state index in [9.17, 15) is 9.90 Å². The molecule has 3 rings (SSSR count). The van der Waals surface area contributed by atoms with Crippen molar-refractivity contribution in [2.45, 2.75) is 19.3 Å². The number of hydrogen-bond donors (Lipinski definition) is 1. The number of carboxylic acids is 1. The summed E-state index contributed by atoms with van der Waals surface area (Å²) in [5, 5.41) is 14.8. The molecular formula is C17H16N2O2. The van der Waals surface area contributed by atoms with Crippen molar-refractivity contribution in [1.82, 2.24) is 9.78 Å². The molecule has 2 aromatic carbocycles. The van der Waals surface area contributed by atoms with Crippen LogP contribution in [0.15, 0.2) is 54.7 Å². The van der Waals surface area contributed by atoms with Gasteiger partial charge in [-0.05, 0) is 30.2 Å². The summed E-state index contributed by atoms with van der Waals surface area (Å²) in [4.78, 5) is 11.2. The van der Waals surface area contributed by atoms with Gasteiger partial charge in [-0.25, -0.2) is 4.68 Å². The second-order valence-corrected chi connectivity index (χ2v) is 5.02. The number of carbonyl (C=O) groups is 1. The largest absolute Gasteiger partial charge is 0.481 e. The fraction of sp³-hybridized carbons (Fsp3) is 0.176. The Bertz CT molecular complexity index is 742. The van der Waals surface area contributed by atoms with E-state index in [2.05, 4.69) is 5.10 Å². The van der Waals surface area contributed by atoms with Crippen LogP contribution < -0.4 is 0 Å². The number of nitrogens with zero attached hydrogens (tertiary/aromatic N) is 2. The monoisotopic (exact) mass is 280 g/mol. The van der Waals surface area contributed by atoms with Crippen molar-refractivity contribution in [2.24, 2.45) is 0 Å². The van der Waals surface area contributed by atoms with E-state index in [0.717, 1.165) is 22.2 Å². The lowest BCUT2D eigenvalue weighted by atomic mass is 9.96.